The average molecular weight is 326 g/mol. The smallest absolute Gasteiger partial charge is 0.267 e. The molecule has 2 heterocycles. The van der Waals surface area contributed by atoms with Crippen LogP contribution in [0.1, 0.15) is 23.3 Å². The first-order valence-corrected chi connectivity index (χ1v) is 9.00. The maximum Gasteiger partial charge on any atom is 0.267 e. The quantitative estimate of drug-likeness (QED) is 0.835. The van der Waals surface area contributed by atoms with Gasteiger partial charge in [0.15, 0.2) is 0 Å². The highest BCUT2D eigenvalue weighted by Crippen LogP contribution is 2.28. The third kappa shape index (κ3) is 2.78. The topological polar surface area (TPSA) is 74.7 Å². The van der Waals surface area contributed by atoms with Gasteiger partial charge < -0.3 is 9.88 Å². The fourth-order valence-electron chi connectivity index (χ4n) is 2.93. The van der Waals surface area contributed by atoms with Gasteiger partial charge in [0.2, 0.25) is 10.0 Å². The lowest BCUT2D eigenvalue weighted by atomic mass is 10.3. The highest BCUT2D eigenvalue weighted by atomic mass is 32.2. The number of carbonyl (C=O) groups excluding carboxylic acids is 1. The predicted octanol–water partition coefficient (Wildman–Crippen LogP) is -0.147. The highest BCUT2D eigenvalue weighted by molar-refractivity contribution is 7.89. The molecule has 1 N–H and O–H groups in total. The molecule has 1 amide bonds. The monoisotopic (exact) mass is 326 g/mol. The van der Waals surface area contributed by atoms with Crippen molar-refractivity contribution in [3.63, 3.8) is 0 Å². The van der Waals surface area contributed by atoms with E-state index in [2.05, 4.69) is 10.2 Å². The summed E-state index contributed by atoms with van der Waals surface area (Å²) in [6.45, 7) is 2.62. The Kier molecular flexibility index (Phi) is 4.00. The molecule has 0 atom stereocenters. The molecule has 1 aliphatic carbocycles. The second-order valence-electron chi connectivity index (χ2n) is 5.92. The number of aromatic nitrogens is 1. The van der Waals surface area contributed by atoms with Crippen LogP contribution in [0.2, 0.25) is 0 Å². The van der Waals surface area contributed by atoms with Crippen molar-refractivity contribution in [3.05, 3.63) is 18.0 Å². The summed E-state index contributed by atoms with van der Waals surface area (Å²) in [4.78, 5) is 14.3. The molecule has 0 spiro atoms. The molecule has 8 heteroatoms. The maximum atomic E-state index is 12.7. The zero-order valence-corrected chi connectivity index (χ0v) is 13.8. The number of aryl methyl sites for hydroxylation is 1. The normalized spacial score (nSPS) is 21.0. The van der Waals surface area contributed by atoms with Crippen molar-refractivity contribution in [2.75, 3.05) is 33.2 Å². The average Bonchev–Trinajstić information content (AvgIpc) is 3.29. The summed E-state index contributed by atoms with van der Waals surface area (Å²) in [7, 11) is -0.325. The fourth-order valence-corrected chi connectivity index (χ4v) is 4.42. The van der Waals surface area contributed by atoms with Gasteiger partial charge in [0.1, 0.15) is 10.6 Å². The Morgan fingerprint density at radius 2 is 1.86 bits per heavy atom. The molecule has 1 aliphatic heterocycles. The van der Waals surface area contributed by atoms with E-state index >= 15 is 0 Å². The number of rotatable bonds is 4. The molecule has 0 radical (unpaired) electrons. The SMILES string of the molecule is CNC(=O)c1cc(S(=O)(=O)N2CCN(C3CC3)CC2)cn1C. The van der Waals surface area contributed by atoms with Crippen LogP contribution in [0, 0.1) is 0 Å². The van der Waals surface area contributed by atoms with E-state index in [9.17, 15) is 13.2 Å². The van der Waals surface area contributed by atoms with Crippen LogP contribution in [0.5, 0.6) is 0 Å². The summed E-state index contributed by atoms with van der Waals surface area (Å²) in [5.74, 6) is -0.289. The first-order chi connectivity index (χ1) is 10.4. The number of hydrogen-bond acceptors (Lipinski definition) is 4. The highest BCUT2D eigenvalue weighted by Gasteiger charge is 2.35. The number of piperazine rings is 1. The molecule has 2 aliphatic rings. The van der Waals surface area contributed by atoms with Crippen molar-refractivity contribution >= 4 is 15.9 Å². The van der Waals surface area contributed by atoms with Crippen LogP contribution in [0.25, 0.3) is 0 Å². The van der Waals surface area contributed by atoms with E-state index < -0.39 is 10.0 Å². The third-order valence-corrected chi connectivity index (χ3v) is 6.28. The Balaban J connectivity index is 1.76. The molecule has 0 aromatic carbocycles. The van der Waals surface area contributed by atoms with Crippen LogP contribution in [-0.4, -0.2) is 67.4 Å². The van der Waals surface area contributed by atoms with Gasteiger partial charge in [0, 0.05) is 52.5 Å². The van der Waals surface area contributed by atoms with Crippen LogP contribution in [0.15, 0.2) is 17.2 Å². The lowest BCUT2D eigenvalue weighted by Gasteiger charge is -2.33. The molecular weight excluding hydrogens is 304 g/mol. The molecular formula is C14H22N4O3S. The maximum absolute atomic E-state index is 12.7. The van der Waals surface area contributed by atoms with Gasteiger partial charge in [0.05, 0.1) is 0 Å². The van der Waals surface area contributed by atoms with Crippen molar-refractivity contribution in [1.29, 1.82) is 0 Å². The molecule has 22 heavy (non-hydrogen) atoms. The van der Waals surface area contributed by atoms with E-state index in [1.165, 1.54) is 36.5 Å². The number of carbonyl (C=O) groups is 1. The summed E-state index contributed by atoms with van der Waals surface area (Å²) in [5.41, 5.74) is 0.345. The largest absolute Gasteiger partial charge is 0.354 e. The zero-order chi connectivity index (χ0) is 15.9. The van der Waals surface area contributed by atoms with Crippen LogP contribution >= 0.6 is 0 Å². The zero-order valence-electron chi connectivity index (χ0n) is 12.9. The van der Waals surface area contributed by atoms with Gasteiger partial charge in [-0.2, -0.15) is 4.31 Å². The number of sulfonamides is 1. The van der Waals surface area contributed by atoms with Crippen molar-refractivity contribution in [2.45, 2.75) is 23.8 Å². The second kappa shape index (κ2) is 5.68. The summed E-state index contributed by atoms with van der Waals surface area (Å²) in [6.07, 6.45) is 3.98. The molecule has 2 fully saturated rings. The standard InChI is InChI=1S/C14H22N4O3S/c1-15-14(19)13-9-12(10-16(13)2)22(20,21)18-7-5-17(6-8-18)11-3-4-11/h9-11H,3-8H2,1-2H3,(H,15,19). The van der Waals surface area contributed by atoms with E-state index in [0.29, 0.717) is 24.8 Å². The molecule has 122 valence electrons. The van der Waals surface area contributed by atoms with E-state index in [-0.39, 0.29) is 10.8 Å². The Morgan fingerprint density at radius 1 is 1.23 bits per heavy atom. The van der Waals surface area contributed by atoms with E-state index in [0.717, 1.165) is 13.1 Å². The minimum Gasteiger partial charge on any atom is -0.354 e. The van der Waals surface area contributed by atoms with Crippen LogP contribution in [-0.2, 0) is 17.1 Å². The molecule has 1 saturated carbocycles. The first kappa shape index (κ1) is 15.5. The van der Waals surface area contributed by atoms with Crippen molar-refractivity contribution < 1.29 is 13.2 Å². The fraction of sp³-hybridized carbons (Fsp3) is 0.643. The first-order valence-electron chi connectivity index (χ1n) is 7.56. The molecule has 0 bridgehead atoms. The minimum atomic E-state index is -3.53. The number of nitrogens with zero attached hydrogens (tertiary/aromatic N) is 3. The van der Waals surface area contributed by atoms with Gasteiger partial charge in [-0.25, -0.2) is 8.42 Å². The van der Waals surface area contributed by atoms with Crippen molar-refractivity contribution in [3.8, 4) is 0 Å². The van der Waals surface area contributed by atoms with Crippen molar-refractivity contribution in [2.24, 2.45) is 7.05 Å². The summed E-state index contributed by atoms with van der Waals surface area (Å²) < 4.78 is 28.5. The van der Waals surface area contributed by atoms with Gasteiger partial charge in [-0.15, -0.1) is 0 Å². The number of hydrogen-bond donors (Lipinski definition) is 1. The molecule has 1 aromatic rings. The van der Waals surface area contributed by atoms with Crippen LogP contribution in [0.4, 0.5) is 0 Å². The van der Waals surface area contributed by atoms with Gasteiger partial charge in [-0.1, -0.05) is 0 Å². The van der Waals surface area contributed by atoms with Crippen LogP contribution in [0.3, 0.4) is 0 Å². The van der Waals surface area contributed by atoms with Crippen molar-refractivity contribution in [1.82, 2.24) is 19.1 Å². The Labute approximate surface area is 130 Å². The predicted molar refractivity (Wildman–Crippen MR) is 82.2 cm³/mol. The third-order valence-electron chi connectivity index (χ3n) is 4.41. The molecule has 7 nitrogen and oxygen atoms in total. The molecule has 1 saturated heterocycles. The Hall–Kier alpha value is -1.38. The summed E-state index contributed by atoms with van der Waals surface area (Å²) in [6, 6.07) is 2.11. The lowest BCUT2D eigenvalue weighted by molar-refractivity contribution is 0.0955. The van der Waals surface area contributed by atoms with Gasteiger partial charge >= 0.3 is 0 Å². The van der Waals surface area contributed by atoms with E-state index in [4.69, 9.17) is 0 Å². The van der Waals surface area contributed by atoms with Gasteiger partial charge in [-0.3, -0.25) is 9.69 Å². The van der Waals surface area contributed by atoms with E-state index in [1.54, 1.807) is 11.6 Å². The summed E-state index contributed by atoms with van der Waals surface area (Å²) in [5, 5.41) is 2.52. The summed E-state index contributed by atoms with van der Waals surface area (Å²) >= 11 is 0. The second-order valence-corrected chi connectivity index (χ2v) is 7.86. The van der Waals surface area contributed by atoms with Gasteiger partial charge in [-0.05, 0) is 18.9 Å². The Morgan fingerprint density at radius 3 is 2.41 bits per heavy atom. The molecule has 0 unspecified atom stereocenters. The Bertz CT molecular complexity index is 670. The van der Waals surface area contributed by atoms with Crippen LogP contribution < -0.4 is 5.32 Å². The van der Waals surface area contributed by atoms with E-state index in [1.807, 2.05) is 0 Å². The number of nitrogens with one attached hydrogen (secondary N) is 1. The molecule has 1 aromatic heterocycles. The van der Waals surface area contributed by atoms with Gasteiger partial charge in [0.25, 0.3) is 5.91 Å². The molecule has 3 rings (SSSR count). The number of amides is 1. The minimum absolute atomic E-state index is 0.188. The lowest BCUT2D eigenvalue weighted by Crippen LogP contribution is -2.49.